The van der Waals surface area contributed by atoms with Gasteiger partial charge in [-0.25, -0.2) is 0 Å². The number of hydrogen-bond acceptors (Lipinski definition) is 7. The molecule has 3 heterocycles. The van der Waals surface area contributed by atoms with Gasteiger partial charge in [0, 0.05) is 29.5 Å². The second kappa shape index (κ2) is 8.86. The Balaban J connectivity index is 1.83. The number of para-hydroxylation sites is 1. The van der Waals surface area contributed by atoms with Crippen molar-refractivity contribution >= 4 is 11.7 Å². The van der Waals surface area contributed by atoms with Gasteiger partial charge in [-0.3, -0.25) is 4.79 Å². The average molecular weight is 438 g/mol. The number of anilines is 1. The van der Waals surface area contributed by atoms with Crippen LogP contribution in [0.4, 0.5) is 5.82 Å². The molecule has 32 heavy (non-hydrogen) atoms. The molecule has 2 aromatic heterocycles. The van der Waals surface area contributed by atoms with Crippen molar-refractivity contribution in [1.29, 1.82) is 0 Å². The van der Waals surface area contributed by atoms with Crippen LogP contribution in [0.25, 0.3) is 5.82 Å². The number of methoxy groups -OCH3 is 2. The maximum atomic E-state index is 12.8. The molecule has 1 aromatic carbocycles. The Morgan fingerprint density at radius 2 is 1.97 bits per heavy atom. The molecule has 0 fully saturated rings. The Hall–Kier alpha value is -3.62. The second-order valence-electron chi connectivity index (χ2n) is 8.08. The summed E-state index contributed by atoms with van der Waals surface area (Å²) in [6, 6.07) is 9.21. The first-order valence-corrected chi connectivity index (χ1v) is 10.5. The molecule has 0 aliphatic carbocycles. The van der Waals surface area contributed by atoms with Gasteiger partial charge in [0.25, 0.3) is 0 Å². The minimum Gasteiger partial charge on any atom is -0.493 e. The topological polar surface area (TPSA) is 100 Å². The fourth-order valence-electron chi connectivity index (χ4n) is 3.89. The van der Waals surface area contributed by atoms with Crippen LogP contribution < -0.4 is 19.5 Å². The molecule has 0 unspecified atom stereocenters. The van der Waals surface area contributed by atoms with E-state index in [9.17, 15) is 4.79 Å². The highest BCUT2D eigenvalue weighted by atomic mass is 16.5. The largest absolute Gasteiger partial charge is 0.493 e. The Kier molecular flexibility index (Phi) is 5.98. The molecule has 4 rings (SSSR count). The summed E-state index contributed by atoms with van der Waals surface area (Å²) in [6.07, 6.45) is 0.277. The normalized spacial score (nSPS) is 15.3. The van der Waals surface area contributed by atoms with Crippen molar-refractivity contribution in [2.24, 2.45) is 5.92 Å². The van der Waals surface area contributed by atoms with Gasteiger partial charge in [-0.2, -0.15) is 9.78 Å². The van der Waals surface area contributed by atoms with Gasteiger partial charge in [-0.05, 0) is 25.0 Å². The van der Waals surface area contributed by atoms with E-state index in [2.05, 4.69) is 34.5 Å². The molecule has 0 saturated carbocycles. The van der Waals surface area contributed by atoms with Gasteiger partial charge < -0.3 is 19.5 Å². The summed E-state index contributed by atoms with van der Waals surface area (Å²) in [6.45, 7) is 6.64. The molecule has 0 saturated heterocycles. The van der Waals surface area contributed by atoms with Crippen LogP contribution in [0.2, 0.25) is 0 Å². The number of amides is 1. The summed E-state index contributed by atoms with van der Waals surface area (Å²) in [4.78, 5) is 12.8. The summed E-state index contributed by atoms with van der Waals surface area (Å²) in [5.41, 5.74) is 2.61. The SMILES string of the molecule is COc1ccc(-n2nc(C)c3c2NC(=O)C[C@H]3c2cccc(OC)c2OCC(C)C)nn1. The monoisotopic (exact) mass is 437 g/mol. The van der Waals surface area contributed by atoms with Crippen molar-refractivity contribution in [1.82, 2.24) is 20.0 Å². The van der Waals surface area contributed by atoms with Crippen LogP contribution in [-0.4, -0.2) is 46.7 Å². The zero-order valence-electron chi connectivity index (χ0n) is 18.9. The van der Waals surface area contributed by atoms with E-state index in [-0.39, 0.29) is 18.2 Å². The molecule has 1 atom stereocenters. The Labute approximate surface area is 186 Å². The summed E-state index contributed by atoms with van der Waals surface area (Å²) < 4.78 is 18.4. The lowest BCUT2D eigenvalue weighted by atomic mass is 9.85. The molecule has 0 bridgehead atoms. The van der Waals surface area contributed by atoms with E-state index in [1.807, 2.05) is 25.1 Å². The van der Waals surface area contributed by atoms with Crippen LogP contribution in [0.1, 0.15) is 43.0 Å². The third-order valence-electron chi connectivity index (χ3n) is 5.32. The lowest BCUT2D eigenvalue weighted by Crippen LogP contribution is -2.25. The highest BCUT2D eigenvalue weighted by molar-refractivity contribution is 5.95. The van der Waals surface area contributed by atoms with E-state index in [0.717, 1.165) is 16.8 Å². The van der Waals surface area contributed by atoms with Crippen LogP contribution in [0, 0.1) is 12.8 Å². The van der Waals surface area contributed by atoms with Gasteiger partial charge in [-0.1, -0.05) is 26.0 Å². The standard InChI is InChI=1S/C23H27N5O4/c1-13(2)12-32-22-15(7-6-8-17(22)30-4)16-11-19(29)24-23-21(16)14(3)27-28(23)18-9-10-20(31-5)26-25-18/h6-10,13,16H,11-12H2,1-5H3,(H,24,29)/t16-/m0/s1. The molecule has 1 amide bonds. The maximum Gasteiger partial charge on any atom is 0.233 e. The summed E-state index contributed by atoms with van der Waals surface area (Å²) in [7, 11) is 3.15. The Morgan fingerprint density at radius 1 is 1.16 bits per heavy atom. The average Bonchev–Trinajstić information content (AvgIpc) is 3.12. The number of nitrogens with zero attached hydrogens (tertiary/aromatic N) is 4. The lowest BCUT2D eigenvalue weighted by molar-refractivity contribution is -0.116. The van der Waals surface area contributed by atoms with Crippen molar-refractivity contribution in [3.63, 3.8) is 0 Å². The van der Waals surface area contributed by atoms with E-state index in [1.54, 1.807) is 23.9 Å². The second-order valence-corrected chi connectivity index (χ2v) is 8.08. The van der Waals surface area contributed by atoms with Gasteiger partial charge >= 0.3 is 0 Å². The number of nitrogens with one attached hydrogen (secondary N) is 1. The number of carbonyl (C=O) groups is 1. The molecule has 9 nitrogen and oxygen atoms in total. The minimum atomic E-state index is -0.240. The van der Waals surface area contributed by atoms with Crippen molar-refractivity contribution in [3.8, 4) is 23.2 Å². The number of ether oxygens (including phenoxy) is 3. The maximum absolute atomic E-state index is 12.8. The van der Waals surface area contributed by atoms with Gasteiger partial charge in [-0.15, -0.1) is 10.2 Å². The number of aryl methyl sites for hydroxylation is 1. The lowest BCUT2D eigenvalue weighted by Gasteiger charge is -2.27. The quantitative estimate of drug-likeness (QED) is 0.604. The van der Waals surface area contributed by atoms with Gasteiger partial charge in [0.15, 0.2) is 17.3 Å². The molecule has 0 spiro atoms. The summed E-state index contributed by atoms with van der Waals surface area (Å²) in [5, 5.41) is 15.8. The zero-order valence-corrected chi connectivity index (χ0v) is 18.9. The third-order valence-corrected chi connectivity index (χ3v) is 5.32. The van der Waals surface area contributed by atoms with E-state index < -0.39 is 0 Å². The van der Waals surface area contributed by atoms with E-state index >= 15 is 0 Å². The molecular weight excluding hydrogens is 410 g/mol. The van der Waals surface area contributed by atoms with Crippen LogP contribution >= 0.6 is 0 Å². The Bertz CT molecular complexity index is 1120. The molecule has 3 aromatic rings. The first-order chi connectivity index (χ1) is 15.4. The number of rotatable bonds is 7. The number of carbonyl (C=O) groups excluding carboxylic acids is 1. The highest BCUT2D eigenvalue weighted by Crippen LogP contribution is 2.45. The predicted octanol–water partition coefficient (Wildman–Crippen LogP) is 3.50. The molecule has 1 N–H and O–H groups in total. The smallest absolute Gasteiger partial charge is 0.233 e. The summed E-state index contributed by atoms with van der Waals surface area (Å²) in [5.74, 6) is 2.76. The van der Waals surface area contributed by atoms with Crippen molar-refractivity contribution in [2.45, 2.75) is 33.1 Å². The Morgan fingerprint density at radius 3 is 2.62 bits per heavy atom. The third kappa shape index (κ3) is 3.98. The van der Waals surface area contributed by atoms with Crippen LogP contribution in [0.15, 0.2) is 30.3 Å². The molecule has 168 valence electrons. The number of benzene rings is 1. The van der Waals surface area contributed by atoms with Crippen molar-refractivity contribution < 1.29 is 19.0 Å². The first kappa shape index (κ1) is 21.6. The van der Waals surface area contributed by atoms with Crippen LogP contribution in [0.5, 0.6) is 17.4 Å². The number of hydrogen-bond donors (Lipinski definition) is 1. The fraction of sp³-hybridized carbons (Fsp3) is 0.391. The van der Waals surface area contributed by atoms with Gasteiger partial charge in [0.2, 0.25) is 11.8 Å². The van der Waals surface area contributed by atoms with E-state index in [0.29, 0.717) is 41.5 Å². The minimum absolute atomic E-state index is 0.109. The predicted molar refractivity (Wildman–Crippen MR) is 119 cm³/mol. The molecule has 1 aliphatic heterocycles. The highest BCUT2D eigenvalue weighted by Gasteiger charge is 2.35. The van der Waals surface area contributed by atoms with Crippen molar-refractivity contribution in [2.75, 3.05) is 26.1 Å². The van der Waals surface area contributed by atoms with E-state index in [1.165, 1.54) is 7.11 Å². The molecule has 0 radical (unpaired) electrons. The zero-order chi connectivity index (χ0) is 22.8. The van der Waals surface area contributed by atoms with Crippen LogP contribution in [0.3, 0.4) is 0 Å². The fourth-order valence-corrected chi connectivity index (χ4v) is 3.89. The molecule has 9 heteroatoms. The van der Waals surface area contributed by atoms with Crippen LogP contribution in [-0.2, 0) is 4.79 Å². The number of fused-ring (bicyclic) bond motifs is 1. The molecular formula is C23H27N5O4. The van der Waals surface area contributed by atoms with Gasteiger partial charge in [0.1, 0.15) is 5.82 Å². The van der Waals surface area contributed by atoms with E-state index in [4.69, 9.17) is 14.2 Å². The first-order valence-electron chi connectivity index (χ1n) is 10.5. The summed E-state index contributed by atoms with van der Waals surface area (Å²) >= 11 is 0. The number of aromatic nitrogens is 4. The van der Waals surface area contributed by atoms with Gasteiger partial charge in [0.05, 0.1) is 26.5 Å². The molecule has 1 aliphatic rings. The van der Waals surface area contributed by atoms with Crippen molar-refractivity contribution in [3.05, 3.63) is 47.2 Å².